The predicted octanol–water partition coefficient (Wildman–Crippen LogP) is 4.36. The molecule has 1 aromatic carbocycles. The van der Waals surface area contributed by atoms with Crippen LogP contribution in [-0.2, 0) is 4.74 Å². The maximum Gasteiger partial charge on any atom is 0.136 e. The van der Waals surface area contributed by atoms with Crippen LogP contribution in [0.3, 0.4) is 0 Å². The molecule has 2 spiro atoms. The van der Waals surface area contributed by atoms with E-state index in [0.717, 1.165) is 37.7 Å². The molecule has 0 radical (unpaired) electrons. The number of aliphatic hydroxyl groups excluding tert-OH is 2. The zero-order valence-electron chi connectivity index (χ0n) is 21.4. The molecular weight excluding hydrogens is 452 g/mol. The molecule has 8 atom stereocenters. The number of aromatic nitrogens is 1. The van der Waals surface area contributed by atoms with Gasteiger partial charge in [-0.1, -0.05) is 31.2 Å². The smallest absolute Gasteiger partial charge is 0.136 e. The van der Waals surface area contributed by atoms with Crippen LogP contribution in [0.2, 0.25) is 0 Å². The van der Waals surface area contributed by atoms with Crippen molar-refractivity contribution in [2.24, 2.45) is 11.3 Å². The highest BCUT2D eigenvalue weighted by Crippen LogP contribution is 2.69. The number of nitrogens with zero attached hydrogens (tertiary/aromatic N) is 2. The van der Waals surface area contributed by atoms with E-state index in [2.05, 4.69) is 48.3 Å². The van der Waals surface area contributed by atoms with E-state index in [4.69, 9.17) is 4.74 Å². The van der Waals surface area contributed by atoms with Crippen molar-refractivity contribution in [1.29, 1.82) is 0 Å². The highest BCUT2D eigenvalue weighted by atomic mass is 16.6. The van der Waals surface area contributed by atoms with Gasteiger partial charge in [0.2, 0.25) is 0 Å². The molecule has 7 rings (SSSR count). The second kappa shape index (κ2) is 7.27. The second-order valence-corrected chi connectivity index (χ2v) is 12.8. The number of pyridine rings is 1. The molecule has 2 saturated carbocycles. The summed E-state index contributed by atoms with van der Waals surface area (Å²) in [6.45, 7) is 2.44. The number of hydrogen-bond acceptors (Lipinski definition) is 5. The van der Waals surface area contributed by atoms with Gasteiger partial charge in [-0.15, -0.1) is 0 Å². The Labute approximate surface area is 212 Å². The molecule has 3 fully saturated rings. The quantitative estimate of drug-likeness (QED) is 0.485. The molecule has 3 heterocycles. The number of rotatable bonds is 2. The molecule has 2 N–H and O–H groups in total. The third-order valence-electron chi connectivity index (χ3n) is 10.7. The van der Waals surface area contributed by atoms with Crippen LogP contribution in [-0.4, -0.2) is 63.4 Å². The molecule has 6 nitrogen and oxygen atoms in total. The van der Waals surface area contributed by atoms with Crippen LogP contribution in [0, 0.1) is 16.5 Å². The average molecular weight is 489 g/mol. The van der Waals surface area contributed by atoms with Crippen molar-refractivity contribution >= 4 is 10.8 Å². The number of fused-ring (bicyclic) bond motifs is 2. The Hall–Kier alpha value is -2.09. The molecule has 190 valence electrons. The number of likely N-dealkylation sites (N-methyl/N-ethyl adjacent to an activating group) is 1. The Kier molecular flexibility index (Phi) is 4.65. The summed E-state index contributed by atoms with van der Waals surface area (Å²) in [4.78, 5) is 4.34. The first-order valence-electron chi connectivity index (χ1n) is 13.4. The summed E-state index contributed by atoms with van der Waals surface area (Å²) < 4.78 is 6.56. The summed E-state index contributed by atoms with van der Waals surface area (Å²) in [5.41, 5.74) is 2.37. The first-order valence-corrected chi connectivity index (χ1v) is 13.4. The second-order valence-electron chi connectivity index (χ2n) is 12.8. The minimum Gasteiger partial charge on any atom is -0.633 e. The van der Waals surface area contributed by atoms with E-state index in [1.165, 1.54) is 21.9 Å². The lowest BCUT2D eigenvalue weighted by molar-refractivity contribution is -0.873. The highest BCUT2D eigenvalue weighted by molar-refractivity contribution is 5.82. The number of hydroxylamine groups is 3. The maximum absolute atomic E-state index is 12.9. The molecule has 1 aromatic heterocycles. The fraction of sp³-hybridized carbons (Fsp3) is 0.567. The number of quaternary nitrogens is 1. The van der Waals surface area contributed by atoms with Gasteiger partial charge in [0.05, 0.1) is 25.3 Å². The van der Waals surface area contributed by atoms with Crippen LogP contribution in [0.5, 0.6) is 0 Å². The van der Waals surface area contributed by atoms with Gasteiger partial charge in [-0.25, -0.2) is 0 Å². The van der Waals surface area contributed by atoms with Crippen molar-refractivity contribution in [3.63, 3.8) is 0 Å². The van der Waals surface area contributed by atoms with Crippen LogP contribution in [0.4, 0.5) is 0 Å². The van der Waals surface area contributed by atoms with E-state index in [9.17, 15) is 15.4 Å². The zero-order chi connectivity index (χ0) is 25.1. The van der Waals surface area contributed by atoms with Crippen LogP contribution in [0.25, 0.3) is 10.8 Å². The summed E-state index contributed by atoms with van der Waals surface area (Å²) in [5.74, 6) is 0.808. The van der Waals surface area contributed by atoms with Gasteiger partial charge in [-0.2, -0.15) is 0 Å². The minimum absolute atomic E-state index is 0.0658. The molecule has 3 aliphatic carbocycles. The summed E-state index contributed by atoms with van der Waals surface area (Å²) in [6, 6.07) is 8.29. The molecule has 0 amide bonds. The van der Waals surface area contributed by atoms with Crippen molar-refractivity contribution in [1.82, 2.24) is 4.98 Å². The van der Waals surface area contributed by atoms with Gasteiger partial charge in [-0.05, 0) is 83.6 Å². The molecular formula is C30H36N2O4. The van der Waals surface area contributed by atoms with Crippen molar-refractivity contribution in [3.05, 3.63) is 70.7 Å². The molecule has 2 aromatic rings. The maximum atomic E-state index is 12.9. The van der Waals surface area contributed by atoms with Crippen LogP contribution < -0.4 is 0 Å². The minimum atomic E-state index is -1.08. The highest BCUT2D eigenvalue weighted by Gasteiger charge is 2.69. The normalized spacial score (nSPS) is 43.4. The van der Waals surface area contributed by atoms with Gasteiger partial charge in [0.25, 0.3) is 0 Å². The van der Waals surface area contributed by atoms with Crippen LogP contribution >= 0.6 is 0 Å². The lowest BCUT2D eigenvalue weighted by atomic mass is 9.58. The Morgan fingerprint density at radius 1 is 1.11 bits per heavy atom. The van der Waals surface area contributed by atoms with E-state index in [1.807, 2.05) is 12.4 Å². The molecule has 1 unspecified atom stereocenters. The van der Waals surface area contributed by atoms with Gasteiger partial charge in [0, 0.05) is 24.2 Å². The van der Waals surface area contributed by atoms with Gasteiger partial charge in [0.15, 0.2) is 0 Å². The van der Waals surface area contributed by atoms with E-state index >= 15 is 0 Å². The van der Waals surface area contributed by atoms with E-state index < -0.39 is 28.5 Å². The Bertz CT molecular complexity index is 1310. The molecule has 2 bridgehead atoms. The summed E-state index contributed by atoms with van der Waals surface area (Å²) in [5, 5.41) is 37.4. The van der Waals surface area contributed by atoms with Crippen molar-refractivity contribution in [2.75, 3.05) is 14.1 Å². The molecule has 2 aliphatic heterocycles. The Balaban J connectivity index is 1.29. The fourth-order valence-electron chi connectivity index (χ4n) is 8.88. The first kappa shape index (κ1) is 23.1. The lowest BCUT2D eigenvalue weighted by Crippen LogP contribution is -2.65. The number of allylic oxidation sites excluding steroid dienone is 1. The number of benzene rings is 1. The van der Waals surface area contributed by atoms with E-state index in [1.54, 1.807) is 14.1 Å². The fourth-order valence-corrected chi connectivity index (χ4v) is 8.88. The summed E-state index contributed by atoms with van der Waals surface area (Å²) in [6.07, 6.45) is 11.5. The Morgan fingerprint density at radius 2 is 1.94 bits per heavy atom. The summed E-state index contributed by atoms with van der Waals surface area (Å²) >= 11 is 0. The largest absolute Gasteiger partial charge is 0.633 e. The van der Waals surface area contributed by atoms with Crippen molar-refractivity contribution in [3.8, 4) is 0 Å². The standard InChI is InChI=1S/C30H36N2O4/c1-28-10-8-21-15-23-26(33)27(34)24(32(2,3)35)16-29(23)11-12-30(21,36-29)25(28)7-6-22(28)19-5-4-18-9-13-31-17-20(18)14-19/h4-5,8-9,13-15,17,22,24-27,33-34H,6-7,10-12,16H2,1-3H3/t22-,24+,25-,26-,27-,28-,29?,30-/m1/s1. The van der Waals surface area contributed by atoms with E-state index in [-0.39, 0.29) is 11.0 Å². The van der Waals surface area contributed by atoms with Gasteiger partial charge in [-0.3, -0.25) is 4.98 Å². The number of aliphatic hydroxyl groups is 2. The molecule has 6 heteroatoms. The lowest BCUT2D eigenvalue weighted by Gasteiger charge is -2.57. The molecule has 5 aliphatic rings. The third kappa shape index (κ3) is 2.88. The first-order chi connectivity index (χ1) is 17.1. The molecule has 36 heavy (non-hydrogen) atoms. The molecule has 1 saturated heterocycles. The third-order valence-corrected chi connectivity index (χ3v) is 10.7. The monoisotopic (exact) mass is 488 g/mol. The van der Waals surface area contributed by atoms with Gasteiger partial charge < -0.3 is 24.8 Å². The number of ether oxygens (including phenoxy) is 1. The van der Waals surface area contributed by atoms with Crippen molar-refractivity contribution in [2.45, 2.75) is 80.8 Å². The SMILES string of the molecule is C[C@]12CC=C3C=C4[C@@H](O)[C@H](O)[C@@H]([N+](C)(C)[O-])CC45CC[C@]3(O5)[C@@H]1CC[C@@H]2c1ccc2ccncc2c1. The van der Waals surface area contributed by atoms with Crippen molar-refractivity contribution < 1.29 is 19.6 Å². The summed E-state index contributed by atoms with van der Waals surface area (Å²) in [7, 11) is 3.12. The van der Waals surface area contributed by atoms with Crippen LogP contribution in [0.15, 0.2) is 60.0 Å². The topological polar surface area (TPSA) is 85.6 Å². The average Bonchev–Trinajstić information content (AvgIpc) is 3.36. The zero-order valence-corrected chi connectivity index (χ0v) is 21.4. The Morgan fingerprint density at radius 3 is 2.75 bits per heavy atom. The predicted molar refractivity (Wildman–Crippen MR) is 138 cm³/mol. The van der Waals surface area contributed by atoms with Gasteiger partial charge in [0.1, 0.15) is 18.2 Å². The van der Waals surface area contributed by atoms with Gasteiger partial charge >= 0.3 is 0 Å². The number of hydrogen-bond donors (Lipinski definition) is 2. The van der Waals surface area contributed by atoms with E-state index in [0.29, 0.717) is 18.3 Å². The van der Waals surface area contributed by atoms with Crippen LogP contribution in [0.1, 0.15) is 56.9 Å².